The molecule has 2 unspecified atom stereocenters. The summed E-state index contributed by atoms with van der Waals surface area (Å²) in [7, 11) is -5.07. The summed E-state index contributed by atoms with van der Waals surface area (Å²) in [5.41, 5.74) is 8.90. The zero-order valence-corrected chi connectivity index (χ0v) is 36.3. The quantitative estimate of drug-likeness (QED) is 0.0774. The molecule has 23 heteroatoms. The van der Waals surface area contributed by atoms with Crippen LogP contribution in [0.3, 0.4) is 0 Å². The summed E-state index contributed by atoms with van der Waals surface area (Å²) in [4.78, 5) is 63.6. The number of ether oxygens (including phenoxy) is 3. The number of phosphoric ester groups is 1. The van der Waals surface area contributed by atoms with Gasteiger partial charge in [0.25, 0.3) is 0 Å². The third kappa shape index (κ3) is 9.32. The van der Waals surface area contributed by atoms with E-state index in [1.54, 1.807) is 78.9 Å². The third-order valence-corrected chi connectivity index (χ3v) is 15.4. The number of fused-ring (bicyclic) bond motifs is 4. The molecule has 9 atom stereocenters. The van der Waals surface area contributed by atoms with Gasteiger partial charge in [-0.25, -0.2) is 33.3 Å². The van der Waals surface area contributed by atoms with Crippen LogP contribution < -0.4 is 10.5 Å². The minimum atomic E-state index is -5.07. The van der Waals surface area contributed by atoms with Gasteiger partial charge in [0.15, 0.2) is 35.9 Å². The molecule has 334 valence electrons. The minimum absolute atomic E-state index is 0.0178. The summed E-state index contributed by atoms with van der Waals surface area (Å²) in [5.74, 6) is -1.41. The van der Waals surface area contributed by atoms with E-state index < -0.39 is 95.0 Å². The Bertz CT molecular complexity index is 2710. The standard InChI is InChI=1S/C41H39FN6O13P2S/c1-23-7-11-26(12-8-23)41(51)58-27-13-9-24(10-14-27)20-64-63(54)56-18-28-15-31(39(57-28)47-17-29(30(49)16-33(47)50)25-5-3-2-4-6-25)60-62(52,53)55-19-32-36(61-63)34(42)40(59-32)48-22-46-35-37(43)44-21-45-38(35)48/h2-14,17,21-22,28,31-32,34,36,39-40H,15-16,18-20H2,1H3,(H,52,53)(H2,43,44,45)/t28-,31+,32+,34+,36+,39+,40+,63?/m0/s1. The second kappa shape index (κ2) is 18.0. The van der Waals surface area contributed by atoms with Gasteiger partial charge in [0.1, 0.15) is 35.9 Å². The fraction of sp³-hybridized carbons (Fsp3) is 0.317. The van der Waals surface area contributed by atoms with Crippen molar-refractivity contribution < 1.29 is 65.1 Å². The predicted octanol–water partition coefficient (Wildman–Crippen LogP) is 6.09. The SMILES string of the molecule is Cc1ccc(C(=O)Oc2ccc(CSP3(=O)OC[C@@H]4C[C@@H](OP(=O)(O)OC[C@H]5O[C@@H](n6cnc7c(N)ncnc76)[C@H](F)[C@@H]5O3)[C@H](N3C=C(c5ccccc5)C(=O)CC3=O)O4)cc2)cc1. The first-order chi connectivity index (χ1) is 30.7. The highest BCUT2D eigenvalue weighted by Crippen LogP contribution is 2.64. The number of aryl methyl sites for hydroxylation is 1. The fourth-order valence-corrected chi connectivity index (χ4v) is 11.9. The molecule has 2 bridgehead atoms. The highest BCUT2D eigenvalue weighted by molar-refractivity contribution is 8.54. The maximum absolute atomic E-state index is 16.8. The van der Waals surface area contributed by atoms with Crippen molar-refractivity contribution in [3.05, 3.63) is 120 Å². The molecule has 19 nitrogen and oxygen atoms in total. The zero-order valence-electron chi connectivity index (χ0n) is 33.7. The van der Waals surface area contributed by atoms with Crippen molar-refractivity contribution in [1.82, 2.24) is 24.4 Å². The van der Waals surface area contributed by atoms with Crippen molar-refractivity contribution in [3.63, 3.8) is 0 Å². The van der Waals surface area contributed by atoms with Gasteiger partial charge in [-0.05, 0) is 53.7 Å². The number of benzene rings is 3. The van der Waals surface area contributed by atoms with Gasteiger partial charge in [0.05, 0.1) is 37.6 Å². The number of imidazole rings is 1. The molecule has 1 amide bonds. The minimum Gasteiger partial charge on any atom is -0.423 e. The average Bonchev–Trinajstić information content (AvgIpc) is 3.97. The van der Waals surface area contributed by atoms with Crippen LogP contribution in [0, 0.1) is 6.92 Å². The number of alkyl halides is 1. The molecule has 3 saturated heterocycles. The first-order valence-electron chi connectivity index (χ1n) is 19.8. The number of nitrogens with two attached hydrogens (primary N) is 1. The average molecular weight is 937 g/mol. The first kappa shape index (κ1) is 44.0. The first-order valence-corrected chi connectivity index (χ1v) is 24.5. The summed E-state index contributed by atoms with van der Waals surface area (Å²) in [6.07, 6.45) is -7.67. The van der Waals surface area contributed by atoms with Crippen LogP contribution >= 0.6 is 26.0 Å². The lowest BCUT2D eigenvalue weighted by Crippen LogP contribution is -2.46. The normalized spacial score (nSPS) is 30.0. The number of amides is 1. The lowest BCUT2D eigenvalue weighted by atomic mass is 9.97. The molecule has 3 N–H and O–H groups in total. The Labute approximate surface area is 367 Å². The summed E-state index contributed by atoms with van der Waals surface area (Å²) < 4.78 is 87.7. The molecule has 3 aromatic carbocycles. The van der Waals surface area contributed by atoms with E-state index in [0.29, 0.717) is 28.1 Å². The molecule has 64 heavy (non-hydrogen) atoms. The van der Waals surface area contributed by atoms with Gasteiger partial charge >= 0.3 is 20.6 Å². The molecule has 9 rings (SSSR count). The number of rotatable bonds is 8. The maximum Gasteiger partial charge on any atom is 0.472 e. The van der Waals surface area contributed by atoms with E-state index in [0.717, 1.165) is 16.8 Å². The van der Waals surface area contributed by atoms with Crippen molar-refractivity contribution in [2.45, 2.75) is 68.6 Å². The van der Waals surface area contributed by atoms with Gasteiger partial charge in [-0.1, -0.05) is 60.2 Å². The number of hydrogen-bond acceptors (Lipinski definition) is 17. The van der Waals surface area contributed by atoms with E-state index in [1.165, 1.54) is 17.1 Å². The molecule has 0 aliphatic carbocycles. The highest BCUT2D eigenvalue weighted by atomic mass is 32.7. The topological polar surface area (TPSA) is 243 Å². The number of hydrogen-bond donors (Lipinski definition) is 2. The Kier molecular flexibility index (Phi) is 12.4. The van der Waals surface area contributed by atoms with Crippen molar-refractivity contribution in [2.24, 2.45) is 0 Å². The molecule has 5 aromatic rings. The van der Waals surface area contributed by atoms with Crippen LogP contribution in [0.4, 0.5) is 10.2 Å². The zero-order chi connectivity index (χ0) is 44.8. The van der Waals surface area contributed by atoms with Gasteiger partial charge in [-0.3, -0.25) is 37.2 Å². The van der Waals surface area contributed by atoms with Gasteiger partial charge in [0, 0.05) is 23.9 Å². The Hall–Kier alpha value is -5.18. The Balaban J connectivity index is 0.997. The fourth-order valence-electron chi connectivity index (χ4n) is 7.53. The van der Waals surface area contributed by atoms with Crippen LogP contribution in [0.15, 0.2) is 97.7 Å². The Morgan fingerprint density at radius 3 is 2.47 bits per heavy atom. The number of carbonyl (C=O) groups is 3. The number of halogens is 1. The molecule has 0 spiro atoms. The van der Waals surface area contributed by atoms with E-state index in [4.69, 9.17) is 38.0 Å². The molecular weight excluding hydrogens is 897 g/mol. The van der Waals surface area contributed by atoms with Crippen LogP contribution in [0.5, 0.6) is 5.75 Å². The number of Topliss-reactive ketones (excluding diaryl/α,β-unsaturated/α-hetero) is 1. The molecule has 4 aliphatic rings. The maximum atomic E-state index is 16.8. The molecule has 0 saturated carbocycles. The lowest BCUT2D eigenvalue weighted by molar-refractivity contribution is -0.148. The van der Waals surface area contributed by atoms with E-state index in [9.17, 15) is 28.4 Å². The molecule has 6 heterocycles. The number of anilines is 1. The molecule has 4 aliphatic heterocycles. The van der Waals surface area contributed by atoms with Crippen LogP contribution in [-0.4, -0.2) is 97.0 Å². The molecule has 0 radical (unpaired) electrons. The second-order valence-corrected chi connectivity index (χ2v) is 20.6. The van der Waals surface area contributed by atoms with Gasteiger partial charge in [-0.15, -0.1) is 0 Å². The number of phosphoric acid groups is 1. The molecule has 3 fully saturated rings. The van der Waals surface area contributed by atoms with Crippen molar-refractivity contribution in [1.29, 1.82) is 0 Å². The van der Waals surface area contributed by atoms with Crippen LogP contribution in [0.2, 0.25) is 0 Å². The van der Waals surface area contributed by atoms with E-state index in [-0.39, 0.29) is 40.5 Å². The van der Waals surface area contributed by atoms with E-state index >= 15 is 4.39 Å². The number of ketones is 1. The van der Waals surface area contributed by atoms with Gasteiger partial charge in [0.2, 0.25) is 5.91 Å². The summed E-state index contributed by atoms with van der Waals surface area (Å²) in [5, 5.41) is 0. The molecular formula is C41H39FN6O13P2S. The lowest BCUT2D eigenvalue weighted by Gasteiger charge is -2.33. The smallest absolute Gasteiger partial charge is 0.423 e. The van der Waals surface area contributed by atoms with Crippen molar-refractivity contribution in [3.8, 4) is 5.75 Å². The largest absolute Gasteiger partial charge is 0.472 e. The third-order valence-electron chi connectivity index (χ3n) is 10.8. The number of aromatic nitrogens is 4. The summed E-state index contributed by atoms with van der Waals surface area (Å²) >= 11 is 0.716. The predicted molar refractivity (Wildman–Crippen MR) is 226 cm³/mol. The highest BCUT2D eigenvalue weighted by Gasteiger charge is 2.53. The van der Waals surface area contributed by atoms with Crippen LogP contribution in [0.25, 0.3) is 16.7 Å². The number of nitrogens with zero attached hydrogens (tertiary/aromatic N) is 5. The van der Waals surface area contributed by atoms with Gasteiger partial charge < -0.3 is 24.8 Å². The van der Waals surface area contributed by atoms with Crippen LogP contribution in [-0.2, 0) is 52.0 Å². The van der Waals surface area contributed by atoms with E-state index in [1.807, 2.05) is 6.92 Å². The van der Waals surface area contributed by atoms with Gasteiger partial charge in [-0.2, -0.15) is 0 Å². The number of nitrogen functional groups attached to an aromatic ring is 1. The monoisotopic (exact) mass is 936 g/mol. The van der Waals surface area contributed by atoms with Crippen molar-refractivity contribution in [2.75, 3.05) is 18.9 Å². The van der Waals surface area contributed by atoms with E-state index in [2.05, 4.69) is 15.0 Å². The summed E-state index contributed by atoms with van der Waals surface area (Å²) in [6.45, 7) is -3.88. The molecule has 2 aromatic heterocycles. The van der Waals surface area contributed by atoms with Crippen LogP contribution in [0.1, 0.15) is 46.1 Å². The summed E-state index contributed by atoms with van der Waals surface area (Å²) in [6, 6.07) is 21.9. The van der Waals surface area contributed by atoms with Crippen molar-refractivity contribution >= 4 is 66.2 Å². The Morgan fingerprint density at radius 2 is 1.70 bits per heavy atom. The number of allylic oxidation sites excluding steroid dienone is 1. The second-order valence-electron chi connectivity index (χ2n) is 15.2. The number of esters is 1. The Morgan fingerprint density at radius 1 is 0.938 bits per heavy atom. The number of carbonyl (C=O) groups excluding carboxylic acids is 3.